The van der Waals surface area contributed by atoms with Crippen molar-refractivity contribution in [2.24, 2.45) is 11.3 Å². The highest BCUT2D eigenvalue weighted by Crippen LogP contribution is 2.44. The molecule has 2 aromatic rings. The standard InChI is InChI=1S/C23H28N2O5S/c1-6-30-22(27)19-16-9-8-15(23(3,4)5)12-18(16)31-21(19)24-20(26)14-7-10-17(25(28)29)13(2)11-14/h7,10-11,15H,6,8-9,12H2,1-5H3,(H,24,26)/t15-/m1/s1. The van der Waals surface area contributed by atoms with Crippen molar-refractivity contribution in [3.05, 3.63) is 55.4 Å². The number of benzene rings is 1. The highest BCUT2D eigenvalue weighted by Gasteiger charge is 2.34. The maximum absolute atomic E-state index is 12.9. The Morgan fingerprint density at radius 1 is 1.32 bits per heavy atom. The minimum absolute atomic E-state index is 0.0384. The Hall–Kier alpha value is -2.74. The normalized spacial score (nSPS) is 15.8. The number of carbonyl (C=O) groups excluding carboxylic acids is 2. The first kappa shape index (κ1) is 22.9. The topological polar surface area (TPSA) is 98.5 Å². The van der Waals surface area contributed by atoms with Crippen molar-refractivity contribution in [1.29, 1.82) is 0 Å². The molecular formula is C23H28N2O5S. The molecule has 1 aromatic carbocycles. The van der Waals surface area contributed by atoms with Gasteiger partial charge in [-0.25, -0.2) is 4.79 Å². The van der Waals surface area contributed by atoms with Gasteiger partial charge in [0, 0.05) is 22.1 Å². The molecule has 1 aliphatic carbocycles. The SMILES string of the molecule is CCOC(=O)c1c(NC(=O)c2ccc([N+](=O)[O-])c(C)c2)sc2c1CC[C@@H](C(C)(C)C)C2. The molecule has 1 aliphatic rings. The maximum Gasteiger partial charge on any atom is 0.341 e. The van der Waals surface area contributed by atoms with Gasteiger partial charge in [0.15, 0.2) is 0 Å². The molecule has 1 aromatic heterocycles. The molecule has 31 heavy (non-hydrogen) atoms. The van der Waals surface area contributed by atoms with E-state index < -0.39 is 16.8 Å². The molecule has 166 valence electrons. The number of nitro groups is 1. The van der Waals surface area contributed by atoms with E-state index >= 15 is 0 Å². The highest BCUT2D eigenvalue weighted by molar-refractivity contribution is 7.17. The number of fused-ring (bicyclic) bond motifs is 1. The predicted molar refractivity (Wildman–Crippen MR) is 121 cm³/mol. The summed E-state index contributed by atoms with van der Waals surface area (Å²) in [4.78, 5) is 37.3. The first-order valence-electron chi connectivity index (χ1n) is 10.4. The number of aryl methyl sites for hydroxylation is 1. The number of nitro benzene ring substituents is 1. The molecule has 7 nitrogen and oxygen atoms in total. The first-order chi connectivity index (χ1) is 14.5. The lowest BCUT2D eigenvalue weighted by atomic mass is 9.72. The van der Waals surface area contributed by atoms with E-state index in [1.165, 1.54) is 29.5 Å². The van der Waals surface area contributed by atoms with Gasteiger partial charge in [-0.3, -0.25) is 14.9 Å². The minimum Gasteiger partial charge on any atom is -0.462 e. The lowest BCUT2D eigenvalue weighted by Crippen LogP contribution is -2.26. The molecule has 0 bridgehead atoms. The van der Waals surface area contributed by atoms with Gasteiger partial charge in [0.05, 0.1) is 17.1 Å². The Balaban J connectivity index is 1.94. The number of hydrogen-bond donors (Lipinski definition) is 1. The molecule has 0 spiro atoms. The number of carbonyl (C=O) groups is 2. The van der Waals surface area contributed by atoms with Gasteiger partial charge < -0.3 is 10.1 Å². The fourth-order valence-corrected chi connectivity index (χ4v) is 5.32. The number of nitrogens with one attached hydrogen (secondary N) is 1. The lowest BCUT2D eigenvalue weighted by molar-refractivity contribution is -0.385. The van der Waals surface area contributed by atoms with E-state index in [0.717, 1.165) is 29.7 Å². The number of rotatable bonds is 5. The molecule has 8 heteroatoms. The van der Waals surface area contributed by atoms with Crippen LogP contribution >= 0.6 is 11.3 Å². The molecule has 1 atom stereocenters. The average molecular weight is 445 g/mol. The minimum atomic E-state index is -0.477. The van der Waals surface area contributed by atoms with Gasteiger partial charge in [0.1, 0.15) is 5.00 Å². The number of thiophene rings is 1. The van der Waals surface area contributed by atoms with Gasteiger partial charge in [0.25, 0.3) is 11.6 Å². The molecule has 0 saturated heterocycles. The number of anilines is 1. The second kappa shape index (κ2) is 8.78. The van der Waals surface area contributed by atoms with Gasteiger partial charge in [-0.15, -0.1) is 11.3 Å². The molecule has 0 saturated carbocycles. The van der Waals surface area contributed by atoms with Gasteiger partial charge in [-0.1, -0.05) is 20.8 Å². The van der Waals surface area contributed by atoms with Crippen LogP contribution in [-0.4, -0.2) is 23.4 Å². The van der Waals surface area contributed by atoms with Crippen molar-refractivity contribution < 1.29 is 19.2 Å². The third-order valence-corrected chi connectivity index (χ3v) is 7.02. The fourth-order valence-electron chi connectivity index (χ4n) is 4.01. The third kappa shape index (κ3) is 4.79. The Morgan fingerprint density at radius 2 is 2.03 bits per heavy atom. The van der Waals surface area contributed by atoms with E-state index in [4.69, 9.17) is 4.74 Å². The van der Waals surface area contributed by atoms with Crippen LogP contribution in [0.25, 0.3) is 0 Å². The van der Waals surface area contributed by atoms with Gasteiger partial charge in [0.2, 0.25) is 0 Å². The molecular weight excluding hydrogens is 416 g/mol. The smallest absolute Gasteiger partial charge is 0.341 e. The number of nitrogens with zero attached hydrogens (tertiary/aromatic N) is 1. The summed E-state index contributed by atoms with van der Waals surface area (Å²) in [6.45, 7) is 10.3. The summed E-state index contributed by atoms with van der Waals surface area (Å²) in [6, 6.07) is 4.23. The second-order valence-corrected chi connectivity index (χ2v) is 10.1. The van der Waals surface area contributed by atoms with Crippen LogP contribution in [-0.2, 0) is 17.6 Å². The van der Waals surface area contributed by atoms with Crippen molar-refractivity contribution in [3.63, 3.8) is 0 Å². The summed E-state index contributed by atoms with van der Waals surface area (Å²) in [5, 5.41) is 14.4. The zero-order valence-electron chi connectivity index (χ0n) is 18.5. The third-order valence-electron chi connectivity index (χ3n) is 5.85. The molecule has 1 N–H and O–H groups in total. The zero-order valence-corrected chi connectivity index (χ0v) is 19.4. The number of ether oxygens (including phenoxy) is 1. The Kier molecular flexibility index (Phi) is 6.50. The average Bonchev–Trinajstić information content (AvgIpc) is 3.04. The van der Waals surface area contributed by atoms with Crippen LogP contribution in [0.5, 0.6) is 0 Å². The van der Waals surface area contributed by atoms with Crippen molar-refractivity contribution >= 4 is 33.9 Å². The van der Waals surface area contributed by atoms with E-state index in [9.17, 15) is 19.7 Å². The zero-order chi connectivity index (χ0) is 22.9. The van der Waals surface area contributed by atoms with Crippen LogP contribution in [0.2, 0.25) is 0 Å². The summed E-state index contributed by atoms with van der Waals surface area (Å²) < 4.78 is 5.28. The lowest BCUT2D eigenvalue weighted by Gasteiger charge is -2.33. The molecule has 0 radical (unpaired) electrons. The molecule has 1 amide bonds. The van der Waals surface area contributed by atoms with Crippen molar-refractivity contribution in [1.82, 2.24) is 0 Å². The van der Waals surface area contributed by atoms with E-state index in [1.54, 1.807) is 13.8 Å². The molecule has 1 heterocycles. The number of amides is 1. The van der Waals surface area contributed by atoms with Crippen LogP contribution in [0.1, 0.15) is 70.8 Å². The van der Waals surface area contributed by atoms with E-state index in [0.29, 0.717) is 27.6 Å². The fraction of sp³-hybridized carbons (Fsp3) is 0.478. The van der Waals surface area contributed by atoms with E-state index in [2.05, 4.69) is 26.1 Å². The summed E-state index contributed by atoms with van der Waals surface area (Å²) in [7, 11) is 0. The van der Waals surface area contributed by atoms with Crippen molar-refractivity contribution in [3.8, 4) is 0 Å². The molecule has 0 aliphatic heterocycles. The largest absolute Gasteiger partial charge is 0.462 e. The summed E-state index contributed by atoms with van der Waals surface area (Å²) in [6.07, 6.45) is 2.62. The summed E-state index contributed by atoms with van der Waals surface area (Å²) >= 11 is 1.43. The van der Waals surface area contributed by atoms with Crippen LogP contribution in [0.15, 0.2) is 18.2 Å². The quantitative estimate of drug-likeness (QED) is 0.371. The monoisotopic (exact) mass is 444 g/mol. The summed E-state index contributed by atoms with van der Waals surface area (Å²) in [5.74, 6) is -0.339. The van der Waals surface area contributed by atoms with Crippen molar-refractivity contribution in [2.75, 3.05) is 11.9 Å². The van der Waals surface area contributed by atoms with Gasteiger partial charge >= 0.3 is 5.97 Å². The maximum atomic E-state index is 12.9. The summed E-state index contributed by atoms with van der Waals surface area (Å²) in [5.41, 5.74) is 2.24. The first-order valence-corrected chi connectivity index (χ1v) is 11.2. The number of hydrogen-bond acceptors (Lipinski definition) is 6. The Labute approximate surface area is 186 Å². The van der Waals surface area contributed by atoms with Crippen LogP contribution in [0, 0.1) is 28.4 Å². The molecule has 3 rings (SSSR count). The van der Waals surface area contributed by atoms with Gasteiger partial charge in [-0.2, -0.15) is 0 Å². The molecule has 0 unspecified atom stereocenters. The second-order valence-electron chi connectivity index (χ2n) is 8.95. The Morgan fingerprint density at radius 3 is 2.61 bits per heavy atom. The highest BCUT2D eigenvalue weighted by atomic mass is 32.1. The number of esters is 1. The van der Waals surface area contributed by atoms with Crippen molar-refractivity contribution in [2.45, 2.75) is 53.9 Å². The molecule has 0 fully saturated rings. The van der Waals surface area contributed by atoms with Crippen LogP contribution in [0.4, 0.5) is 10.7 Å². The Bertz CT molecular complexity index is 1040. The van der Waals surface area contributed by atoms with E-state index in [1.807, 2.05) is 0 Å². The van der Waals surface area contributed by atoms with E-state index in [-0.39, 0.29) is 17.7 Å². The van der Waals surface area contributed by atoms with Crippen LogP contribution in [0.3, 0.4) is 0 Å². The van der Waals surface area contributed by atoms with Gasteiger partial charge in [-0.05, 0) is 62.1 Å². The predicted octanol–water partition coefficient (Wildman–Crippen LogP) is 5.54. The van der Waals surface area contributed by atoms with Crippen LogP contribution < -0.4 is 5.32 Å².